The van der Waals surface area contributed by atoms with Gasteiger partial charge in [-0.05, 0) is 36.2 Å². The quantitative estimate of drug-likeness (QED) is 0.537. The fraction of sp³-hybridized carbons (Fsp3) is 0.227. The summed E-state index contributed by atoms with van der Waals surface area (Å²) in [5.41, 5.74) is 2.08. The van der Waals surface area contributed by atoms with Crippen molar-refractivity contribution in [1.82, 2.24) is 10.3 Å². The molecule has 3 aromatic rings. The van der Waals surface area contributed by atoms with Crippen LogP contribution in [0.25, 0.3) is 10.6 Å². The van der Waals surface area contributed by atoms with Crippen LogP contribution in [0.15, 0.2) is 53.9 Å². The Morgan fingerprint density at radius 1 is 1.23 bits per heavy atom. The molecule has 6 nitrogen and oxygen atoms in total. The molecular formula is C22H21FN2O4S. The van der Waals surface area contributed by atoms with E-state index in [0.29, 0.717) is 22.7 Å². The SMILES string of the molecule is COC(=O)C(CNC(=O)Cc1csc(-c2cccc(F)c2)n1)Cc1ccc(O)cc1. The maximum absolute atomic E-state index is 13.4. The fourth-order valence-corrected chi connectivity index (χ4v) is 3.75. The summed E-state index contributed by atoms with van der Waals surface area (Å²) in [7, 11) is 1.30. The van der Waals surface area contributed by atoms with Crippen molar-refractivity contribution < 1.29 is 23.8 Å². The molecule has 30 heavy (non-hydrogen) atoms. The Balaban J connectivity index is 1.57. The summed E-state index contributed by atoms with van der Waals surface area (Å²) in [6.45, 7) is 0.118. The summed E-state index contributed by atoms with van der Waals surface area (Å²) in [5.74, 6) is -1.45. The van der Waals surface area contributed by atoms with E-state index >= 15 is 0 Å². The Kier molecular flexibility index (Phi) is 7.13. The number of aromatic nitrogens is 1. The predicted molar refractivity (Wildman–Crippen MR) is 112 cm³/mol. The monoisotopic (exact) mass is 428 g/mol. The molecule has 0 saturated carbocycles. The molecule has 1 atom stereocenters. The number of carbonyl (C=O) groups excluding carboxylic acids is 2. The van der Waals surface area contributed by atoms with Crippen molar-refractivity contribution in [2.24, 2.45) is 5.92 Å². The number of esters is 1. The molecule has 3 rings (SSSR count). The highest BCUT2D eigenvalue weighted by Crippen LogP contribution is 2.24. The first-order valence-electron chi connectivity index (χ1n) is 9.27. The first-order valence-corrected chi connectivity index (χ1v) is 10.2. The van der Waals surface area contributed by atoms with Gasteiger partial charge in [0.25, 0.3) is 0 Å². The zero-order valence-corrected chi connectivity index (χ0v) is 17.1. The van der Waals surface area contributed by atoms with Gasteiger partial charge in [-0.3, -0.25) is 9.59 Å². The smallest absolute Gasteiger partial charge is 0.310 e. The van der Waals surface area contributed by atoms with Gasteiger partial charge in [0.2, 0.25) is 5.91 Å². The second-order valence-electron chi connectivity index (χ2n) is 6.73. The number of rotatable bonds is 8. The van der Waals surface area contributed by atoms with Gasteiger partial charge in [-0.15, -0.1) is 11.3 Å². The van der Waals surface area contributed by atoms with Crippen LogP contribution < -0.4 is 5.32 Å². The van der Waals surface area contributed by atoms with E-state index in [9.17, 15) is 19.1 Å². The van der Waals surface area contributed by atoms with Gasteiger partial charge in [-0.2, -0.15) is 0 Å². The first kappa shape index (κ1) is 21.4. The van der Waals surface area contributed by atoms with Gasteiger partial charge in [-0.25, -0.2) is 9.37 Å². The Morgan fingerprint density at radius 2 is 2.00 bits per heavy atom. The minimum Gasteiger partial charge on any atom is -0.508 e. The summed E-state index contributed by atoms with van der Waals surface area (Å²) < 4.78 is 18.2. The number of thiazole rings is 1. The van der Waals surface area contributed by atoms with Crippen LogP contribution in [0.2, 0.25) is 0 Å². The highest BCUT2D eigenvalue weighted by Gasteiger charge is 2.21. The number of hydrogen-bond donors (Lipinski definition) is 2. The summed E-state index contributed by atoms with van der Waals surface area (Å²) in [6, 6.07) is 12.7. The average Bonchev–Trinajstić information content (AvgIpc) is 3.20. The average molecular weight is 428 g/mol. The highest BCUT2D eigenvalue weighted by atomic mass is 32.1. The van der Waals surface area contributed by atoms with Crippen molar-refractivity contribution in [1.29, 1.82) is 0 Å². The van der Waals surface area contributed by atoms with E-state index in [1.807, 2.05) is 0 Å². The first-order chi connectivity index (χ1) is 14.4. The molecular weight excluding hydrogens is 407 g/mol. The van der Waals surface area contributed by atoms with Crippen LogP contribution in [0.1, 0.15) is 11.3 Å². The van der Waals surface area contributed by atoms with Crippen molar-refractivity contribution >= 4 is 23.2 Å². The number of nitrogens with zero attached hydrogens (tertiary/aromatic N) is 1. The summed E-state index contributed by atoms with van der Waals surface area (Å²) in [5, 5.41) is 14.5. The van der Waals surface area contributed by atoms with Crippen LogP contribution >= 0.6 is 11.3 Å². The van der Waals surface area contributed by atoms with Crippen molar-refractivity contribution in [3.8, 4) is 16.3 Å². The van der Waals surface area contributed by atoms with Gasteiger partial charge in [0.1, 0.15) is 16.6 Å². The van der Waals surface area contributed by atoms with Gasteiger partial charge in [0.05, 0.1) is 25.1 Å². The maximum atomic E-state index is 13.4. The van der Waals surface area contributed by atoms with Crippen molar-refractivity contribution in [3.05, 3.63) is 71.0 Å². The zero-order chi connectivity index (χ0) is 21.5. The number of nitrogens with one attached hydrogen (secondary N) is 1. The minimum absolute atomic E-state index is 0.0545. The summed E-state index contributed by atoms with van der Waals surface area (Å²) in [4.78, 5) is 28.8. The molecule has 1 heterocycles. The lowest BCUT2D eigenvalue weighted by Gasteiger charge is -2.15. The van der Waals surface area contributed by atoms with Crippen LogP contribution in [0, 0.1) is 11.7 Å². The Hall–Kier alpha value is -3.26. The second-order valence-corrected chi connectivity index (χ2v) is 7.58. The van der Waals surface area contributed by atoms with E-state index in [0.717, 1.165) is 5.56 Å². The number of carbonyl (C=O) groups is 2. The third-order valence-corrected chi connectivity index (χ3v) is 5.40. The predicted octanol–water partition coefficient (Wildman–Crippen LogP) is 3.35. The van der Waals surface area contributed by atoms with Gasteiger partial charge in [0, 0.05) is 17.5 Å². The number of benzene rings is 2. The van der Waals surface area contributed by atoms with E-state index in [1.165, 1.54) is 30.6 Å². The van der Waals surface area contributed by atoms with Crippen molar-refractivity contribution in [2.75, 3.05) is 13.7 Å². The van der Waals surface area contributed by atoms with E-state index in [-0.39, 0.29) is 30.4 Å². The van der Waals surface area contributed by atoms with Crippen LogP contribution in [0.3, 0.4) is 0 Å². The van der Waals surface area contributed by atoms with E-state index < -0.39 is 11.9 Å². The molecule has 0 aliphatic carbocycles. The Labute approximate surface area is 177 Å². The van der Waals surface area contributed by atoms with E-state index in [1.54, 1.807) is 41.8 Å². The minimum atomic E-state index is -0.554. The number of phenols is 1. The van der Waals surface area contributed by atoms with Crippen molar-refractivity contribution in [2.45, 2.75) is 12.8 Å². The van der Waals surface area contributed by atoms with Gasteiger partial charge in [-0.1, -0.05) is 24.3 Å². The Morgan fingerprint density at radius 3 is 2.70 bits per heavy atom. The number of aromatic hydroxyl groups is 1. The lowest BCUT2D eigenvalue weighted by molar-refractivity contribution is -0.145. The number of hydrogen-bond acceptors (Lipinski definition) is 6. The topological polar surface area (TPSA) is 88.5 Å². The standard InChI is InChI=1S/C22H21FN2O4S/c1-29-22(28)16(9-14-5-7-19(26)8-6-14)12-24-20(27)11-18-13-30-21(25-18)15-3-2-4-17(23)10-15/h2-8,10,13,16,26H,9,11-12H2,1H3,(H,24,27). The molecule has 8 heteroatoms. The molecule has 1 amide bonds. The molecule has 156 valence electrons. The number of amides is 1. The van der Waals surface area contributed by atoms with Gasteiger partial charge < -0.3 is 15.2 Å². The molecule has 0 fully saturated rings. The zero-order valence-electron chi connectivity index (χ0n) is 16.3. The fourth-order valence-electron chi connectivity index (χ4n) is 2.93. The maximum Gasteiger partial charge on any atom is 0.310 e. The van der Waals surface area contributed by atoms with E-state index in [4.69, 9.17) is 4.74 Å². The van der Waals surface area contributed by atoms with Crippen molar-refractivity contribution in [3.63, 3.8) is 0 Å². The number of halogens is 1. The molecule has 0 spiro atoms. The Bertz CT molecular complexity index is 1020. The van der Waals surface area contributed by atoms with Gasteiger partial charge >= 0.3 is 5.97 Å². The molecule has 1 aromatic heterocycles. The third-order valence-electron chi connectivity index (χ3n) is 4.46. The second kappa shape index (κ2) is 9.98. The normalized spacial score (nSPS) is 11.7. The van der Waals surface area contributed by atoms with Crippen LogP contribution in [0.5, 0.6) is 5.75 Å². The number of methoxy groups -OCH3 is 1. The molecule has 0 bridgehead atoms. The summed E-state index contributed by atoms with van der Waals surface area (Å²) in [6.07, 6.45) is 0.423. The molecule has 0 radical (unpaired) electrons. The number of phenolic OH excluding ortho intramolecular Hbond substituents is 1. The molecule has 0 aliphatic rings. The van der Waals surface area contributed by atoms with Crippen LogP contribution in [-0.4, -0.2) is 35.6 Å². The molecule has 2 N–H and O–H groups in total. The highest BCUT2D eigenvalue weighted by molar-refractivity contribution is 7.13. The largest absolute Gasteiger partial charge is 0.508 e. The molecule has 1 unspecified atom stereocenters. The molecule has 0 aliphatic heterocycles. The van der Waals surface area contributed by atoms with Crippen LogP contribution in [0.4, 0.5) is 4.39 Å². The van der Waals surface area contributed by atoms with Gasteiger partial charge in [0.15, 0.2) is 0 Å². The number of ether oxygens (including phenoxy) is 1. The lowest BCUT2D eigenvalue weighted by atomic mass is 9.99. The third kappa shape index (κ3) is 5.87. The lowest BCUT2D eigenvalue weighted by Crippen LogP contribution is -2.35. The molecule has 0 saturated heterocycles. The van der Waals surface area contributed by atoms with E-state index in [2.05, 4.69) is 10.3 Å². The van der Waals surface area contributed by atoms with Crippen LogP contribution in [-0.2, 0) is 27.2 Å². The molecule has 2 aromatic carbocycles. The summed E-state index contributed by atoms with van der Waals surface area (Å²) >= 11 is 1.34.